The van der Waals surface area contributed by atoms with Crippen molar-refractivity contribution in [3.63, 3.8) is 0 Å². The Kier molecular flexibility index (Phi) is 6.68. The quantitative estimate of drug-likeness (QED) is 0.573. The van der Waals surface area contributed by atoms with Crippen molar-refractivity contribution in [1.82, 2.24) is 0 Å². The molecule has 0 amide bonds. The van der Waals surface area contributed by atoms with Crippen molar-refractivity contribution in [1.29, 1.82) is 0 Å². The lowest BCUT2D eigenvalue weighted by Crippen LogP contribution is -2.32. The Hall–Kier alpha value is -0.880. The van der Waals surface area contributed by atoms with Crippen LogP contribution >= 0.6 is 27.3 Å². The maximum atomic E-state index is 12.1. The number of hydrogen-bond acceptors (Lipinski definition) is 5. The van der Waals surface area contributed by atoms with Crippen molar-refractivity contribution in [3.8, 4) is 0 Å². The lowest BCUT2D eigenvalue weighted by molar-refractivity contribution is -0.166. The summed E-state index contributed by atoms with van der Waals surface area (Å²) in [6.07, 6.45) is -0.234. The second-order valence-corrected chi connectivity index (χ2v) is 6.77. The molecule has 0 unspecified atom stereocenters. The van der Waals surface area contributed by atoms with E-state index in [0.29, 0.717) is 0 Å². The molecule has 0 atom stereocenters. The third-order valence-electron chi connectivity index (χ3n) is 2.35. The summed E-state index contributed by atoms with van der Waals surface area (Å²) in [6, 6.07) is 1.89. The van der Waals surface area contributed by atoms with Crippen molar-refractivity contribution in [2.45, 2.75) is 46.3 Å². The molecule has 0 N–H and O–H groups in total. The van der Waals surface area contributed by atoms with Gasteiger partial charge in [-0.1, -0.05) is 0 Å². The van der Waals surface area contributed by atoms with Crippen LogP contribution in [0.25, 0.3) is 0 Å². The maximum absolute atomic E-state index is 12.1. The van der Waals surface area contributed by atoms with E-state index < -0.39 is 17.9 Å². The van der Waals surface area contributed by atoms with E-state index in [1.54, 1.807) is 27.7 Å². The van der Waals surface area contributed by atoms with Crippen molar-refractivity contribution >= 4 is 39.2 Å². The molecule has 1 aromatic rings. The molecule has 0 fully saturated rings. The first-order chi connectivity index (χ1) is 9.31. The highest BCUT2D eigenvalue weighted by atomic mass is 79.9. The van der Waals surface area contributed by atoms with E-state index in [0.717, 1.165) is 9.35 Å². The van der Waals surface area contributed by atoms with Crippen LogP contribution in [0.15, 0.2) is 15.9 Å². The molecule has 0 aromatic carbocycles. The molecule has 0 bridgehead atoms. The van der Waals surface area contributed by atoms with Crippen LogP contribution in [0.3, 0.4) is 0 Å². The molecular formula is C14H19BrO4S. The summed E-state index contributed by atoms with van der Waals surface area (Å²) in [5, 5.41) is 1.90. The van der Waals surface area contributed by atoms with E-state index in [4.69, 9.17) is 9.47 Å². The molecule has 0 aliphatic rings. The zero-order valence-corrected chi connectivity index (χ0v) is 14.4. The van der Waals surface area contributed by atoms with Gasteiger partial charge in [-0.05, 0) is 55.1 Å². The minimum atomic E-state index is -0.922. The SMILES string of the molecule is CC(C)OC(=O)C(Cc1sccc1Br)C(=O)OC(C)C. The van der Waals surface area contributed by atoms with Crippen LogP contribution in [0.4, 0.5) is 0 Å². The molecule has 0 radical (unpaired) electrons. The maximum Gasteiger partial charge on any atom is 0.320 e. The Morgan fingerprint density at radius 2 is 1.65 bits per heavy atom. The van der Waals surface area contributed by atoms with Gasteiger partial charge in [-0.15, -0.1) is 11.3 Å². The van der Waals surface area contributed by atoms with Gasteiger partial charge < -0.3 is 9.47 Å². The second kappa shape index (κ2) is 7.78. The predicted octanol–water partition coefficient (Wildman–Crippen LogP) is 3.57. The molecule has 0 aliphatic heterocycles. The molecule has 1 rings (SSSR count). The molecule has 1 aromatic heterocycles. The Morgan fingerprint density at radius 3 is 2.00 bits per heavy atom. The highest BCUT2D eigenvalue weighted by Crippen LogP contribution is 2.26. The Bertz CT molecular complexity index is 445. The average molecular weight is 363 g/mol. The zero-order chi connectivity index (χ0) is 15.3. The number of halogens is 1. The number of rotatable bonds is 6. The summed E-state index contributed by atoms with van der Waals surface area (Å²) in [5.74, 6) is -1.99. The largest absolute Gasteiger partial charge is 0.462 e. The summed E-state index contributed by atoms with van der Waals surface area (Å²) >= 11 is 4.89. The van der Waals surface area contributed by atoms with Crippen LogP contribution in [0.1, 0.15) is 32.6 Å². The van der Waals surface area contributed by atoms with Crippen LogP contribution in [0.2, 0.25) is 0 Å². The Morgan fingerprint density at radius 1 is 1.15 bits per heavy atom. The third-order valence-corrected chi connectivity index (χ3v) is 4.30. The normalized spacial score (nSPS) is 11.2. The average Bonchev–Trinajstić information content (AvgIpc) is 2.69. The Labute approximate surface area is 131 Å². The zero-order valence-electron chi connectivity index (χ0n) is 12.0. The van der Waals surface area contributed by atoms with Crippen molar-refractivity contribution in [2.24, 2.45) is 5.92 Å². The van der Waals surface area contributed by atoms with Gasteiger partial charge in [0.05, 0.1) is 12.2 Å². The fourth-order valence-corrected chi connectivity index (χ4v) is 3.11. The van der Waals surface area contributed by atoms with Crippen molar-refractivity contribution in [2.75, 3.05) is 0 Å². The minimum absolute atomic E-state index is 0.261. The van der Waals surface area contributed by atoms with E-state index in [-0.39, 0.29) is 18.6 Å². The van der Waals surface area contributed by atoms with E-state index in [1.165, 1.54) is 11.3 Å². The van der Waals surface area contributed by atoms with Crippen LogP contribution in [0, 0.1) is 5.92 Å². The van der Waals surface area contributed by atoms with Gasteiger partial charge in [0.15, 0.2) is 5.92 Å². The van der Waals surface area contributed by atoms with Crippen molar-refractivity contribution < 1.29 is 19.1 Å². The molecule has 0 saturated carbocycles. The van der Waals surface area contributed by atoms with Crippen LogP contribution in [0.5, 0.6) is 0 Å². The number of carbonyl (C=O) groups is 2. The lowest BCUT2D eigenvalue weighted by Gasteiger charge is -2.18. The molecule has 0 aliphatic carbocycles. The minimum Gasteiger partial charge on any atom is -0.462 e. The fourth-order valence-electron chi connectivity index (χ4n) is 1.55. The molecular weight excluding hydrogens is 344 g/mol. The standard InChI is InChI=1S/C14H19BrO4S/c1-8(2)18-13(16)10(14(17)19-9(3)4)7-12-11(15)5-6-20-12/h5-6,8-10H,7H2,1-4H3. The summed E-state index contributed by atoms with van der Waals surface area (Å²) in [6.45, 7) is 7.02. The molecule has 0 spiro atoms. The van der Waals surface area contributed by atoms with Gasteiger partial charge in [-0.3, -0.25) is 9.59 Å². The molecule has 6 heteroatoms. The first-order valence-corrected chi connectivity index (χ1v) is 8.11. The summed E-state index contributed by atoms with van der Waals surface area (Å²) in [5.41, 5.74) is 0. The van der Waals surface area contributed by atoms with E-state index in [2.05, 4.69) is 15.9 Å². The van der Waals surface area contributed by atoms with Crippen LogP contribution in [-0.4, -0.2) is 24.1 Å². The first kappa shape index (κ1) is 17.2. The first-order valence-electron chi connectivity index (χ1n) is 6.44. The van der Waals surface area contributed by atoms with Crippen LogP contribution < -0.4 is 0 Å². The number of ether oxygens (including phenoxy) is 2. The highest BCUT2D eigenvalue weighted by molar-refractivity contribution is 9.10. The van der Waals surface area contributed by atoms with E-state index in [1.807, 2.05) is 11.4 Å². The van der Waals surface area contributed by atoms with Gasteiger partial charge in [0.2, 0.25) is 0 Å². The summed E-state index contributed by atoms with van der Waals surface area (Å²) in [7, 11) is 0. The molecule has 0 saturated heterocycles. The smallest absolute Gasteiger partial charge is 0.320 e. The monoisotopic (exact) mass is 362 g/mol. The third kappa shape index (κ3) is 5.25. The van der Waals surface area contributed by atoms with Gasteiger partial charge in [0.1, 0.15) is 0 Å². The highest BCUT2D eigenvalue weighted by Gasteiger charge is 2.32. The lowest BCUT2D eigenvalue weighted by atomic mass is 10.0. The van der Waals surface area contributed by atoms with Gasteiger partial charge >= 0.3 is 11.9 Å². The van der Waals surface area contributed by atoms with Gasteiger partial charge in [0, 0.05) is 15.8 Å². The van der Waals surface area contributed by atoms with E-state index in [9.17, 15) is 9.59 Å². The van der Waals surface area contributed by atoms with Gasteiger partial charge in [0.25, 0.3) is 0 Å². The summed E-state index contributed by atoms with van der Waals surface area (Å²) < 4.78 is 11.2. The number of hydrogen-bond donors (Lipinski definition) is 0. The topological polar surface area (TPSA) is 52.6 Å². The van der Waals surface area contributed by atoms with Gasteiger partial charge in [-0.25, -0.2) is 0 Å². The fraction of sp³-hybridized carbons (Fsp3) is 0.571. The predicted molar refractivity (Wildman–Crippen MR) is 81.7 cm³/mol. The van der Waals surface area contributed by atoms with Crippen LogP contribution in [-0.2, 0) is 25.5 Å². The summed E-state index contributed by atoms with van der Waals surface area (Å²) in [4.78, 5) is 25.1. The number of thiophene rings is 1. The Balaban J connectivity index is 2.86. The molecule has 20 heavy (non-hydrogen) atoms. The molecule has 1 heterocycles. The van der Waals surface area contributed by atoms with Crippen molar-refractivity contribution in [3.05, 3.63) is 20.8 Å². The molecule has 112 valence electrons. The number of carbonyl (C=O) groups excluding carboxylic acids is 2. The van der Waals surface area contributed by atoms with E-state index >= 15 is 0 Å². The van der Waals surface area contributed by atoms with Gasteiger partial charge in [-0.2, -0.15) is 0 Å². The number of esters is 2. The molecule has 4 nitrogen and oxygen atoms in total. The second-order valence-electron chi connectivity index (χ2n) is 4.92.